The highest BCUT2D eigenvalue weighted by molar-refractivity contribution is 5.87. The standard InChI is InChI=1S/C31H31N3O3/c1-30(2,3)37-29(35)32-25-19-20-28-27(21-25)34(26-17-11-6-12-18-26)33-31(36-28,24-15-9-5-10-16-24)22-23-13-7-4-8-14-23/h4-21,33H,22H2,1-3H3,(H,32,35). The first-order valence-corrected chi connectivity index (χ1v) is 12.4. The lowest BCUT2D eigenvalue weighted by atomic mass is 9.94. The summed E-state index contributed by atoms with van der Waals surface area (Å²) >= 11 is 0. The Morgan fingerprint density at radius 1 is 0.892 bits per heavy atom. The third kappa shape index (κ3) is 5.60. The van der Waals surface area contributed by atoms with Crippen molar-refractivity contribution in [1.29, 1.82) is 0 Å². The molecule has 1 aliphatic heterocycles. The molecule has 0 fully saturated rings. The number of nitrogens with one attached hydrogen (secondary N) is 2. The van der Waals surface area contributed by atoms with Crippen LogP contribution >= 0.6 is 0 Å². The van der Waals surface area contributed by atoms with Crippen LogP contribution in [0.2, 0.25) is 0 Å². The number of carbonyl (C=O) groups excluding carboxylic acids is 1. The zero-order chi connectivity index (χ0) is 25.9. The monoisotopic (exact) mass is 493 g/mol. The van der Waals surface area contributed by atoms with Gasteiger partial charge in [-0.25, -0.2) is 4.79 Å². The molecular formula is C31H31N3O3. The number of nitrogens with zero attached hydrogens (tertiary/aromatic N) is 1. The van der Waals surface area contributed by atoms with Crippen LogP contribution in [0.5, 0.6) is 5.75 Å². The summed E-state index contributed by atoms with van der Waals surface area (Å²) in [5, 5.41) is 4.86. The van der Waals surface area contributed by atoms with Gasteiger partial charge in [0, 0.05) is 17.7 Å². The highest BCUT2D eigenvalue weighted by Gasteiger charge is 2.42. The summed E-state index contributed by atoms with van der Waals surface area (Å²) in [4.78, 5) is 12.4. The van der Waals surface area contributed by atoms with E-state index in [0.29, 0.717) is 17.9 Å². The van der Waals surface area contributed by atoms with Crippen molar-refractivity contribution >= 4 is 23.2 Å². The number of hydrogen-bond acceptors (Lipinski definition) is 5. The van der Waals surface area contributed by atoms with E-state index in [1.54, 1.807) is 0 Å². The average molecular weight is 494 g/mol. The zero-order valence-corrected chi connectivity index (χ0v) is 21.3. The van der Waals surface area contributed by atoms with E-state index in [0.717, 1.165) is 22.5 Å². The van der Waals surface area contributed by atoms with Gasteiger partial charge in [-0.05, 0) is 56.7 Å². The van der Waals surface area contributed by atoms with Gasteiger partial charge < -0.3 is 9.47 Å². The van der Waals surface area contributed by atoms with Crippen molar-refractivity contribution in [3.63, 3.8) is 0 Å². The molecule has 188 valence electrons. The Kier molecular flexibility index (Phi) is 6.59. The molecule has 2 N–H and O–H groups in total. The van der Waals surface area contributed by atoms with Gasteiger partial charge in [0.2, 0.25) is 5.72 Å². The van der Waals surface area contributed by atoms with Crippen LogP contribution < -0.4 is 20.5 Å². The Morgan fingerprint density at radius 2 is 1.51 bits per heavy atom. The molecule has 0 aromatic heterocycles. The smallest absolute Gasteiger partial charge is 0.412 e. The van der Waals surface area contributed by atoms with Crippen LogP contribution in [0, 0.1) is 0 Å². The number of fused-ring (bicyclic) bond motifs is 1. The molecule has 0 bridgehead atoms. The number of hydrogen-bond donors (Lipinski definition) is 2. The molecule has 1 unspecified atom stereocenters. The van der Waals surface area contributed by atoms with Gasteiger partial charge in [0.05, 0.1) is 5.69 Å². The largest absolute Gasteiger partial charge is 0.464 e. The third-order valence-corrected chi connectivity index (χ3v) is 5.97. The maximum Gasteiger partial charge on any atom is 0.412 e. The first-order chi connectivity index (χ1) is 17.8. The number of rotatable bonds is 5. The van der Waals surface area contributed by atoms with Gasteiger partial charge in [-0.1, -0.05) is 78.9 Å². The predicted octanol–water partition coefficient (Wildman–Crippen LogP) is 7.16. The minimum Gasteiger partial charge on any atom is -0.464 e. The third-order valence-electron chi connectivity index (χ3n) is 5.97. The summed E-state index contributed by atoms with van der Waals surface area (Å²) < 4.78 is 12.2. The topological polar surface area (TPSA) is 62.8 Å². The molecule has 4 aromatic rings. The number of hydrazine groups is 1. The SMILES string of the molecule is CC(C)(C)OC(=O)Nc1ccc2c(c1)N(c1ccccc1)NC(Cc1ccccc1)(c1ccccc1)O2. The van der Waals surface area contributed by atoms with Crippen LogP contribution in [0.3, 0.4) is 0 Å². The molecule has 0 aliphatic carbocycles. The summed E-state index contributed by atoms with van der Waals surface area (Å²) in [6.07, 6.45) is 0.0875. The molecule has 0 spiro atoms. The Hall–Kier alpha value is -4.29. The van der Waals surface area contributed by atoms with Crippen LogP contribution in [0.4, 0.5) is 21.9 Å². The summed E-state index contributed by atoms with van der Waals surface area (Å²) in [6, 6.07) is 36.1. The predicted molar refractivity (Wildman–Crippen MR) is 147 cm³/mol. The van der Waals surface area contributed by atoms with Crippen LogP contribution in [0.25, 0.3) is 0 Å². The van der Waals surface area contributed by atoms with E-state index in [1.165, 1.54) is 0 Å². The van der Waals surface area contributed by atoms with Crippen LogP contribution in [0.15, 0.2) is 109 Å². The van der Waals surface area contributed by atoms with E-state index < -0.39 is 17.4 Å². The Bertz CT molecular complexity index is 1360. The zero-order valence-electron chi connectivity index (χ0n) is 21.3. The van der Waals surface area contributed by atoms with Crippen molar-refractivity contribution in [2.75, 3.05) is 10.3 Å². The molecule has 0 saturated carbocycles. The quantitative estimate of drug-likeness (QED) is 0.309. The first kappa shape index (κ1) is 24.4. The number of ether oxygens (including phenoxy) is 2. The molecule has 0 saturated heterocycles. The molecule has 1 heterocycles. The number of benzene rings is 4. The summed E-state index contributed by atoms with van der Waals surface area (Å²) in [6.45, 7) is 5.51. The normalized spacial score (nSPS) is 16.9. The molecule has 6 nitrogen and oxygen atoms in total. The fourth-order valence-corrected chi connectivity index (χ4v) is 4.40. The van der Waals surface area contributed by atoms with E-state index in [2.05, 4.69) is 35.0 Å². The number of carbonyl (C=O) groups is 1. The van der Waals surface area contributed by atoms with Gasteiger partial charge in [0.15, 0.2) is 0 Å². The lowest BCUT2D eigenvalue weighted by Crippen LogP contribution is -2.58. The summed E-state index contributed by atoms with van der Waals surface area (Å²) in [5.41, 5.74) is 6.69. The Labute approximate surface area is 217 Å². The Morgan fingerprint density at radius 3 is 2.16 bits per heavy atom. The average Bonchev–Trinajstić information content (AvgIpc) is 2.89. The van der Waals surface area contributed by atoms with Crippen molar-refractivity contribution in [3.8, 4) is 5.75 Å². The number of anilines is 3. The van der Waals surface area contributed by atoms with Crippen LogP contribution in [-0.2, 0) is 16.9 Å². The van der Waals surface area contributed by atoms with Gasteiger partial charge in [-0.3, -0.25) is 10.3 Å². The maximum absolute atomic E-state index is 12.4. The first-order valence-electron chi connectivity index (χ1n) is 12.4. The maximum atomic E-state index is 12.4. The summed E-state index contributed by atoms with van der Waals surface area (Å²) in [7, 11) is 0. The second kappa shape index (κ2) is 9.99. The van der Waals surface area contributed by atoms with E-state index >= 15 is 0 Å². The molecule has 5 rings (SSSR count). The van der Waals surface area contributed by atoms with Crippen molar-refractivity contribution < 1.29 is 14.3 Å². The van der Waals surface area contributed by atoms with E-state index in [-0.39, 0.29) is 0 Å². The van der Waals surface area contributed by atoms with Gasteiger partial charge in [-0.2, -0.15) is 5.43 Å². The fraction of sp³-hybridized carbons (Fsp3) is 0.194. The second-order valence-corrected chi connectivity index (χ2v) is 10.0. The second-order valence-electron chi connectivity index (χ2n) is 10.0. The van der Waals surface area contributed by atoms with Gasteiger partial charge in [0.1, 0.15) is 17.0 Å². The van der Waals surface area contributed by atoms with Crippen LogP contribution in [-0.4, -0.2) is 11.7 Å². The van der Waals surface area contributed by atoms with Gasteiger partial charge in [-0.15, -0.1) is 0 Å². The number of amides is 1. The van der Waals surface area contributed by atoms with Gasteiger partial charge in [0.25, 0.3) is 0 Å². The highest BCUT2D eigenvalue weighted by atomic mass is 16.6. The molecule has 1 amide bonds. The fourth-order valence-electron chi connectivity index (χ4n) is 4.40. The lowest BCUT2D eigenvalue weighted by molar-refractivity contribution is 0.0180. The minimum atomic E-state index is -0.869. The molecule has 0 radical (unpaired) electrons. The van der Waals surface area contributed by atoms with Crippen molar-refractivity contribution in [2.24, 2.45) is 0 Å². The lowest BCUT2D eigenvalue weighted by Gasteiger charge is -2.46. The molecule has 1 atom stereocenters. The molecule has 37 heavy (non-hydrogen) atoms. The van der Waals surface area contributed by atoms with Crippen molar-refractivity contribution in [1.82, 2.24) is 5.43 Å². The molecular weight excluding hydrogens is 462 g/mol. The van der Waals surface area contributed by atoms with E-state index in [1.807, 2.05) is 111 Å². The molecule has 4 aromatic carbocycles. The van der Waals surface area contributed by atoms with Crippen LogP contribution in [0.1, 0.15) is 31.9 Å². The van der Waals surface area contributed by atoms with E-state index in [4.69, 9.17) is 9.47 Å². The Balaban J connectivity index is 1.58. The van der Waals surface area contributed by atoms with E-state index in [9.17, 15) is 4.79 Å². The highest BCUT2D eigenvalue weighted by Crippen LogP contribution is 2.44. The van der Waals surface area contributed by atoms with Crippen molar-refractivity contribution in [2.45, 2.75) is 38.5 Å². The minimum absolute atomic E-state index is 0.508. The number of para-hydroxylation sites is 1. The van der Waals surface area contributed by atoms with Crippen molar-refractivity contribution in [3.05, 3.63) is 120 Å². The van der Waals surface area contributed by atoms with Gasteiger partial charge >= 0.3 is 6.09 Å². The molecule has 6 heteroatoms. The molecule has 1 aliphatic rings. The summed E-state index contributed by atoms with van der Waals surface area (Å²) in [5.74, 6) is 0.692.